The van der Waals surface area contributed by atoms with Crippen LogP contribution < -0.4 is 11.1 Å². The minimum Gasteiger partial charge on any atom is -0.478 e. The number of carboxylic acids is 1. The summed E-state index contributed by atoms with van der Waals surface area (Å²) in [5.41, 5.74) is 6.37. The molecule has 0 unspecified atom stereocenters. The van der Waals surface area contributed by atoms with E-state index >= 15 is 0 Å². The molecule has 2 aromatic rings. The van der Waals surface area contributed by atoms with Crippen molar-refractivity contribution in [3.05, 3.63) is 53.5 Å². The molecule has 0 radical (unpaired) electrons. The first kappa shape index (κ1) is 12.7. The molecule has 0 aliphatic heterocycles. The Hall–Kier alpha value is -2.76. The zero-order chi connectivity index (χ0) is 13.8. The van der Waals surface area contributed by atoms with Gasteiger partial charge in [-0.05, 0) is 24.3 Å². The van der Waals surface area contributed by atoms with Crippen LogP contribution in [-0.2, 0) is 6.54 Å². The first-order valence-corrected chi connectivity index (χ1v) is 5.50. The van der Waals surface area contributed by atoms with Crippen molar-refractivity contribution in [2.24, 2.45) is 5.73 Å². The van der Waals surface area contributed by atoms with E-state index < -0.39 is 11.9 Å². The van der Waals surface area contributed by atoms with E-state index in [1.807, 2.05) is 0 Å². The van der Waals surface area contributed by atoms with Gasteiger partial charge in [0.05, 0.1) is 12.1 Å². The third-order valence-electron chi connectivity index (χ3n) is 2.51. The summed E-state index contributed by atoms with van der Waals surface area (Å²) in [5.74, 6) is -1.05. The smallest absolute Gasteiger partial charge is 0.338 e. The molecule has 4 N–H and O–H groups in total. The average molecular weight is 260 g/mol. The van der Waals surface area contributed by atoms with Crippen LogP contribution in [0.25, 0.3) is 0 Å². The fourth-order valence-electron chi connectivity index (χ4n) is 1.56. The summed E-state index contributed by atoms with van der Waals surface area (Å²) < 4.78 is 5.09. The molecule has 19 heavy (non-hydrogen) atoms. The number of hydrogen-bond donors (Lipinski definition) is 3. The summed E-state index contributed by atoms with van der Waals surface area (Å²) in [4.78, 5) is 21.7. The highest BCUT2D eigenvalue weighted by atomic mass is 16.4. The predicted molar refractivity (Wildman–Crippen MR) is 68.0 cm³/mol. The number of carboxylic acid groups (broad SMARTS) is 1. The largest absolute Gasteiger partial charge is 0.478 e. The number of benzene rings is 1. The normalized spacial score (nSPS) is 10.1. The lowest BCUT2D eigenvalue weighted by atomic mass is 10.2. The van der Waals surface area contributed by atoms with Gasteiger partial charge in [0, 0.05) is 11.3 Å². The van der Waals surface area contributed by atoms with Gasteiger partial charge in [0.2, 0.25) is 5.91 Å². The maximum Gasteiger partial charge on any atom is 0.338 e. The van der Waals surface area contributed by atoms with Crippen LogP contribution in [0.15, 0.2) is 41.0 Å². The lowest BCUT2D eigenvalue weighted by Crippen LogP contribution is -2.11. The second-order valence-corrected chi connectivity index (χ2v) is 3.91. The highest BCUT2D eigenvalue weighted by Crippen LogP contribution is 2.13. The molecule has 2 rings (SSSR count). The summed E-state index contributed by atoms with van der Waals surface area (Å²) in [7, 11) is 0. The van der Waals surface area contributed by atoms with Crippen molar-refractivity contribution in [3.8, 4) is 0 Å². The standard InChI is InChI=1S/C13H12N2O4/c14-12(16)8-2-1-3-10(4-8)15-6-11-5-9(7-19-11)13(17)18/h1-5,7,15H,6H2,(H2,14,16)(H,17,18). The number of nitrogens with two attached hydrogens (primary N) is 1. The number of carbonyl (C=O) groups excluding carboxylic acids is 1. The summed E-state index contributed by atoms with van der Waals surface area (Å²) in [6.45, 7) is 0.315. The fraction of sp³-hybridized carbons (Fsp3) is 0.0769. The quantitative estimate of drug-likeness (QED) is 0.758. The lowest BCUT2D eigenvalue weighted by Gasteiger charge is -2.05. The van der Waals surface area contributed by atoms with Gasteiger partial charge in [-0.3, -0.25) is 4.79 Å². The van der Waals surface area contributed by atoms with E-state index in [0.29, 0.717) is 23.6 Å². The molecule has 0 aliphatic rings. The van der Waals surface area contributed by atoms with Gasteiger partial charge in [-0.25, -0.2) is 4.79 Å². The molecule has 1 amide bonds. The van der Waals surface area contributed by atoms with Gasteiger partial charge in [-0.1, -0.05) is 6.07 Å². The summed E-state index contributed by atoms with van der Waals surface area (Å²) in [5, 5.41) is 11.8. The van der Waals surface area contributed by atoms with Crippen LogP contribution in [0.3, 0.4) is 0 Å². The van der Waals surface area contributed by atoms with Gasteiger partial charge in [-0.15, -0.1) is 0 Å². The number of primary amides is 1. The van der Waals surface area contributed by atoms with Crippen LogP contribution in [0, 0.1) is 0 Å². The zero-order valence-corrected chi connectivity index (χ0v) is 9.92. The minimum absolute atomic E-state index is 0.0997. The Labute approximate surface area is 108 Å². The van der Waals surface area contributed by atoms with Crippen LogP contribution in [0.1, 0.15) is 26.5 Å². The van der Waals surface area contributed by atoms with Gasteiger partial charge in [0.25, 0.3) is 0 Å². The van der Waals surface area contributed by atoms with Crippen molar-refractivity contribution in [3.63, 3.8) is 0 Å². The Kier molecular flexibility index (Phi) is 3.51. The van der Waals surface area contributed by atoms with Crippen LogP contribution in [0.4, 0.5) is 5.69 Å². The van der Waals surface area contributed by atoms with Crippen LogP contribution in [0.2, 0.25) is 0 Å². The van der Waals surface area contributed by atoms with E-state index in [-0.39, 0.29) is 5.56 Å². The molecule has 1 aromatic carbocycles. The predicted octanol–water partition coefficient (Wildman–Crippen LogP) is 1.69. The number of amides is 1. The Morgan fingerprint density at radius 3 is 2.68 bits per heavy atom. The molecular weight excluding hydrogens is 248 g/mol. The number of aromatic carboxylic acids is 1. The van der Waals surface area contributed by atoms with Gasteiger partial charge >= 0.3 is 5.97 Å². The minimum atomic E-state index is -1.04. The molecule has 98 valence electrons. The number of hydrogen-bond acceptors (Lipinski definition) is 4. The van der Waals surface area contributed by atoms with Gasteiger partial charge in [0.1, 0.15) is 12.0 Å². The van der Waals surface area contributed by atoms with E-state index in [2.05, 4.69) is 5.32 Å². The third-order valence-corrected chi connectivity index (χ3v) is 2.51. The highest BCUT2D eigenvalue weighted by molar-refractivity contribution is 5.93. The van der Waals surface area contributed by atoms with E-state index in [1.54, 1.807) is 24.3 Å². The van der Waals surface area contributed by atoms with E-state index in [0.717, 1.165) is 0 Å². The molecule has 0 aliphatic carbocycles. The van der Waals surface area contributed by atoms with Gasteiger partial charge in [-0.2, -0.15) is 0 Å². The number of furan rings is 1. The fourth-order valence-corrected chi connectivity index (χ4v) is 1.56. The maximum atomic E-state index is 11.0. The molecular formula is C13H12N2O4. The summed E-state index contributed by atoms with van der Waals surface area (Å²) in [6.07, 6.45) is 1.18. The Morgan fingerprint density at radius 2 is 2.05 bits per heavy atom. The van der Waals surface area contributed by atoms with Crippen molar-refractivity contribution >= 4 is 17.6 Å². The maximum absolute atomic E-state index is 11.0. The first-order chi connectivity index (χ1) is 9.06. The molecule has 0 saturated carbocycles. The van der Waals surface area contributed by atoms with Crippen LogP contribution in [-0.4, -0.2) is 17.0 Å². The number of anilines is 1. The van der Waals surface area contributed by atoms with Crippen molar-refractivity contribution in [2.75, 3.05) is 5.32 Å². The molecule has 0 bridgehead atoms. The van der Waals surface area contributed by atoms with E-state index in [1.165, 1.54) is 12.3 Å². The van der Waals surface area contributed by atoms with Gasteiger partial charge < -0.3 is 20.6 Å². The lowest BCUT2D eigenvalue weighted by molar-refractivity contribution is 0.0696. The van der Waals surface area contributed by atoms with E-state index in [9.17, 15) is 9.59 Å². The van der Waals surface area contributed by atoms with Crippen LogP contribution in [0.5, 0.6) is 0 Å². The van der Waals surface area contributed by atoms with Crippen molar-refractivity contribution in [1.29, 1.82) is 0 Å². The summed E-state index contributed by atoms with van der Waals surface area (Å²) in [6, 6.07) is 8.14. The molecule has 0 saturated heterocycles. The molecule has 1 aromatic heterocycles. The van der Waals surface area contributed by atoms with Gasteiger partial charge in [0.15, 0.2) is 0 Å². The van der Waals surface area contributed by atoms with E-state index in [4.69, 9.17) is 15.3 Å². The molecule has 0 fully saturated rings. The van der Waals surface area contributed by atoms with Crippen LogP contribution >= 0.6 is 0 Å². The SMILES string of the molecule is NC(=O)c1cccc(NCc2cc(C(=O)O)co2)c1. The molecule has 0 spiro atoms. The third kappa shape index (κ3) is 3.12. The number of nitrogens with one attached hydrogen (secondary N) is 1. The zero-order valence-electron chi connectivity index (χ0n) is 9.92. The van der Waals surface area contributed by atoms with Crippen molar-refractivity contribution in [2.45, 2.75) is 6.54 Å². The second kappa shape index (κ2) is 5.26. The Balaban J connectivity index is 2.03. The monoisotopic (exact) mass is 260 g/mol. The highest BCUT2D eigenvalue weighted by Gasteiger charge is 2.08. The Bertz CT molecular complexity index is 619. The first-order valence-electron chi connectivity index (χ1n) is 5.50. The van der Waals surface area contributed by atoms with Crippen molar-refractivity contribution < 1.29 is 19.1 Å². The molecule has 6 nitrogen and oxygen atoms in total. The molecule has 6 heteroatoms. The molecule has 1 heterocycles. The topological polar surface area (TPSA) is 106 Å². The Morgan fingerprint density at radius 1 is 1.26 bits per heavy atom. The summed E-state index contributed by atoms with van der Waals surface area (Å²) >= 11 is 0. The number of carbonyl (C=O) groups is 2. The number of rotatable bonds is 5. The molecule has 0 atom stereocenters. The average Bonchev–Trinajstić information content (AvgIpc) is 2.85. The second-order valence-electron chi connectivity index (χ2n) is 3.91. The van der Waals surface area contributed by atoms with Crippen molar-refractivity contribution in [1.82, 2.24) is 0 Å².